The van der Waals surface area contributed by atoms with Crippen molar-refractivity contribution in [3.05, 3.63) is 65.9 Å². The van der Waals surface area contributed by atoms with Crippen LogP contribution in [0.2, 0.25) is 0 Å². The van der Waals surface area contributed by atoms with Gasteiger partial charge in [0.05, 0.1) is 11.4 Å². The van der Waals surface area contributed by atoms with Crippen molar-refractivity contribution in [2.45, 2.75) is 65.8 Å². The second kappa shape index (κ2) is 10.9. The van der Waals surface area contributed by atoms with Crippen LogP contribution < -0.4 is 5.32 Å². The second-order valence-electron chi connectivity index (χ2n) is 9.82. The van der Waals surface area contributed by atoms with Gasteiger partial charge in [-0.1, -0.05) is 67.8 Å². The van der Waals surface area contributed by atoms with Crippen LogP contribution >= 0.6 is 0 Å². The number of nitrogens with one attached hydrogen (secondary N) is 1. The number of rotatable bonds is 7. The van der Waals surface area contributed by atoms with Crippen LogP contribution in [0, 0.1) is 19.8 Å². The Morgan fingerprint density at radius 3 is 2.31 bits per heavy atom. The second-order valence-corrected chi connectivity index (χ2v) is 9.82. The van der Waals surface area contributed by atoms with Crippen molar-refractivity contribution in [1.29, 1.82) is 0 Å². The minimum atomic E-state index is -0.213. The summed E-state index contributed by atoms with van der Waals surface area (Å²) in [4.78, 5) is 28.4. The SMILES string of the molecule is Cc1ccccc1-n1nc(C)c(-c2ccccc2)c1NC(=O)CN(C(=O)C1CCCCC1)C(C)C. The average Bonchev–Trinajstić information content (AvgIpc) is 3.18. The third kappa shape index (κ3) is 5.47. The molecule has 1 heterocycles. The Morgan fingerprint density at radius 1 is 1.00 bits per heavy atom. The summed E-state index contributed by atoms with van der Waals surface area (Å²) in [5.74, 6) is 0.539. The fourth-order valence-electron chi connectivity index (χ4n) is 4.99. The molecule has 1 saturated carbocycles. The zero-order valence-electron chi connectivity index (χ0n) is 21.3. The first kappa shape index (κ1) is 24.7. The highest BCUT2D eigenvalue weighted by molar-refractivity contribution is 5.98. The molecule has 1 fully saturated rings. The van der Waals surface area contributed by atoms with Gasteiger partial charge in [-0.25, -0.2) is 4.68 Å². The van der Waals surface area contributed by atoms with E-state index in [9.17, 15) is 9.59 Å². The molecule has 184 valence electrons. The van der Waals surface area contributed by atoms with E-state index in [1.54, 1.807) is 4.90 Å². The number of hydrogen-bond acceptors (Lipinski definition) is 3. The molecule has 3 aromatic rings. The minimum absolute atomic E-state index is 0.0265. The summed E-state index contributed by atoms with van der Waals surface area (Å²) in [6, 6.07) is 17.9. The van der Waals surface area contributed by atoms with Crippen molar-refractivity contribution < 1.29 is 9.59 Å². The standard InChI is InChI=1S/C29H36N4O2/c1-20(2)32(29(35)24-16-9-6-10-17-24)19-26(34)30-28-27(23-14-7-5-8-15-23)22(4)31-33(28)25-18-12-11-13-21(25)3/h5,7-8,11-15,18,20,24H,6,9-10,16-17,19H2,1-4H3,(H,30,34). The molecule has 4 rings (SSSR count). The molecule has 1 aliphatic carbocycles. The molecule has 1 N–H and O–H groups in total. The number of amides is 2. The molecule has 0 aliphatic heterocycles. The van der Waals surface area contributed by atoms with Crippen LogP contribution in [0.5, 0.6) is 0 Å². The van der Waals surface area contributed by atoms with Crippen molar-refractivity contribution in [3.8, 4) is 16.8 Å². The zero-order valence-corrected chi connectivity index (χ0v) is 21.3. The summed E-state index contributed by atoms with van der Waals surface area (Å²) in [6.45, 7) is 7.97. The van der Waals surface area contributed by atoms with E-state index in [4.69, 9.17) is 5.10 Å². The molecular formula is C29H36N4O2. The molecule has 2 aromatic carbocycles. The molecule has 2 amide bonds. The van der Waals surface area contributed by atoms with E-state index >= 15 is 0 Å². The quantitative estimate of drug-likeness (QED) is 0.465. The number of benzene rings is 2. The lowest BCUT2D eigenvalue weighted by Crippen LogP contribution is -2.45. The molecule has 0 saturated heterocycles. The van der Waals surface area contributed by atoms with Gasteiger partial charge in [-0.05, 0) is 57.7 Å². The van der Waals surface area contributed by atoms with Crippen molar-refractivity contribution in [3.63, 3.8) is 0 Å². The Labute approximate surface area is 208 Å². The molecule has 0 radical (unpaired) electrons. The van der Waals surface area contributed by atoms with E-state index in [0.29, 0.717) is 5.82 Å². The molecule has 6 nitrogen and oxygen atoms in total. The third-order valence-corrected chi connectivity index (χ3v) is 6.90. The normalized spacial score (nSPS) is 14.2. The third-order valence-electron chi connectivity index (χ3n) is 6.90. The van der Waals surface area contributed by atoms with Crippen LogP contribution in [-0.4, -0.2) is 39.1 Å². The molecule has 0 atom stereocenters. The van der Waals surface area contributed by atoms with Crippen molar-refractivity contribution in [2.24, 2.45) is 5.92 Å². The fraction of sp³-hybridized carbons (Fsp3) is 0.414. The van der Waals surface area contributed by atoms with Crippen molar-refractivity contribution in [2.75, 3.05) is 11.9 Å². The molecule has 35 heavy (non-hydrogen) atoms. The highest BCUT2D eigenvalue weighted by Gasteiger charge is 2.29. The van der Waals surface area contributed by atoms with E-state index in [0.717, 1.165) is 53.8 Å². The number of carbonyl (C=O) groups is 2. The maximum absolute atomic E-state index is 13.4. The van der Waals surface area contributed by atoms with Gasteiger partial charge in [-0.3, -0.25) is 9.59 Å². The number of para-hydroxylation sites is 1. The predicted molar refractivity (Wildman–Crippen MR) is 141 cm³/mol. The summed E-state index contributed by atoms with van der Waals surface area (Å²) in [7, 11) is 0. The van der Waals surface area contributed by atoms with Crippen LogP contribution in [0.15, 0.2) is 54.6 Å². The Balaban J connectivity index is 1.67. The Bertz CT molecular complexity index is 1180. The molecule has 0 bridgehead atoms. The lowest BCUT2D eigenvalue weighted by atomic mass is 9.88. The van der Waals surface area contributed by atoms with E-state index < -0.39 is 0 Å². The van der Waals surface area contributed by atoms with E-state index in [-0.39, 0.29) is 30.3 Å². The van der Waals surface area contributed by atoms with Gasteiger partial charge in [0.2, 0.25) is 11.8 Å². The van der Waals surface area contributed by atoms with Gasteiger partial charge in [0, 0.05) is 17.5 Å². The average molecular weight is 473 g/mol. The van der Waals surface area contributed by atoms with E-state index in [1.165, 1.54) is 6.42 Å². The van der Waals surface area contributed by atoms with Gasteiger partial charge in [0.1, 0.15) is 12.4 Å². The first-order valence-electron chi connectivity index (χ1n) is 12.7. The maximum Gasteiger partial charge on any atom is 0.245 e. The Morgan fingerprint density at radius 2 is 1.66 bits per heavy atom. The highest BCUT2D eigenvalue weighted by Crippen LogP contribution is 2.34. The summed E-state index contributed by atoms with van der Waals surface area (Å²) in [5.41, 5.74) is 4.67. The number of aromatic nitrogens is 2. The molecular weight excluding hydrogens is 436 g/mol. The van der Waals surface area contributed by atoms with Gasteiger partial charge in [0.25, 0.3) is 0 Å². The van der Waals surface area contributed by atoms with Gasteiger partial charge in [-0.2, -0.15) is 5.10 Å². The van der Waals surface area contributed by atoms with Gasteiger partial charge < -0.3 is 10.2 Å². The molecule has 0 spiro atoms. The number of aryl methyl sites for hydroxylation is 2. The molecule has 1 aliphatic rings. The summed E-state index contributed by atoms with van der Waals surface area (Å²) < 4.78 is 1.81. The van der Waals surface area contributed by atoms with Gasteiger partial charge in [0.15, 0.2) is 0 Å². The monoisotopic (exact) mass is 472 g/mol. The highest BCUT2D eigenvalue weighted by atomic mass is 16.2. The van der Waals surface area contributed by atoms with Crippen molar-refractivity contribution >= 4 is 17.6 Å². The van der Waals surface area contributed by atoms with Crippen LogP contribution in [0.4, 0.5) is 5.82 Å². The first-order chi connectivity index (χ1) is 16.9. The van der Waals surface area contributed by atoms with Crippen LogP contribution in [0.3, 0.4) is 0 Å². The van der Waals surface area contributed by atoms with Crippen molar-refractivity contribution in [1.82, 2.24) is 14.7 Å². The zero-order chi connectivity index (χ0) is 24.9. The topological polar surface area (TPSA) is 67.2 Å². The first-order valence-corrected chi connectivity index (χ1v) is 12.7. The predicted octanol–water partition coefficient (Wildman–Crippen LogP) is 5.91. The number of hydrogen-bond donors (Lipinski definition) is 1. The molecule has 1 aromatic heterocycles. The lowest BCUT2D eigenvalue weighted by Gasteiger charge is -2.31. The Hall–Kier alpha value is -3.41. The maximum atomic E-state index is 13.4. The van der Waals surface area contributed by atoms with Crippen LogP contribution in [0.1, 0.15) is 57.2 Å². The summed E-state index contributed by atoms with van der Waals surface area (Å²) >= 11 is 0. The summed E-state index contributed by atoms with van der Waals surface area (Å²) in [5, 5.41) is 7.95. The minimum Gasteiger partial charge on any atom is -0.331 e. The lowest BCUT2D eigenvalue weighted by molar-refractivity contribution is -0.141. The van der Waals surface area contributed by atoms with Crippen LogP contribution in [0.25, 0.3) is 16.8 Å². The Kier molecular flexibility index (Phi) is 7.69. The van der Waals surface area contributed by atoms with E-state index in [2.05, 4.69) is 5.32 Å². The molecule has 0 unspecified atom stereocenters. The molecule has 6 heteroatoms. The van der Waals surface area contributed by atoms with Gasteiger partial charge >= 0.3 is 0 Å². The smallest absolute Gasteiger partial charge is 0.245 e. The summed E-state index contributed by atoms with van der Waals surface area (Å²) in [6.07, 6.45) is 5.20. The fourth-order valence-corrected chi connectivity index (χ4v) is 4.99. The van der Waals surface area contributed by atoms with E-state index in [1.807, 2.05) is 87.0 Å². The number of carbonyl (C=O) groups excluding carboxylic acids is 2. The van der Waals surface area contributed by atoms with Crippen LogP contribution in [-0.2, 0) is 9.59 Å². The van der Waals surface area contributed by atoms with Gasteiger partial charge in [-0.15, -0.1) is 0 Å². The largest absolute Gasteiger partial charge is 0.331 e. The number of anilines is 1. The number of nitrogens with zero attached hydrogens (tertiary/aromatic N) is 3.